The molecule has 1 nitrogen and oxygen atoms in total. The largest absolute Gasteiger partial charge is 0.359 e. The van der Waals surface area contributed by atoms with E-state index >= 15 is 0 Å². The third-order valence-corrected chi connectivity index (χ3v) is 3.38. The summed E-state index contributed by atoms with van der Waals surface area (Å²) in [5, 5.41) is 3.42. The van der Waals surface area contributed by atoms with Gasteiger partial charge in [0, 0.05) is 15.3 Å². The van der Waals surface area contributed by atoms with Crippen molar-refractivity contribution in [3.05, 3.63) is 36.0 Å². The Labute approximate surface area is 89.6 Å². The van der Waals surface area contributed by atoms with Crippen molar-refractivity contribution in [1.29, 1.82) is 0 Å². The van der Waals surface area contributed by atoms with Gasteiger partial charge >= 0.3 is 0 Å². The molecule has 0 atom stereocenters. The molecule has 1 aromatic rings. The van der Waals surface area contributed by atoms with Crippen LogP contribution < -0.4 is 5.32 Å². The highest BCUT2D eigenvalue weighted by molar-refractivity contribution is 8.01. The third kappa shape index (κ3) is 1.95. The predicted octanol–water partition coefficient (Wildman–Crippen LogP) is 3.89. The lowest BCUT2D eigenvalue weighted by Crippen LogP contribution is -2.09. The van der Waals surface area contributed by atoms with Crippen molar-refractivity contribution in [2.75, 3.05) is 5.32 Å². The van der Waals surface area contributed by atoms with E-state index in [-0.39, 0.29) is 4.75 Å². The van der Waals surface area contributed by atoms with Crippen LogP contribution in [0, 0.1) is 0 Å². The van der Waals surface area contributed by atoms with E-state index in [0.717, 1.165) is 0 Å². The van der Waals surface area contributed by atoms with Gasteiger partial charge in [0.1, 0.15) is 0 Å². The minimum atomic E-state index is 0.170. The maximum atomic E-state index is 3.42. The molecule has 1 aliphatic rings. The van der Waals surface area contributed by atoms with Crippen molar-refractivity contribution in [3.63, 3.8) is 0 Å². The van der Waals surface area contributed by atoms with Gasteiger partial charge in [0.15, 0.2) is 0 Å². The SMILES string of the molecule is CC1=CC(C)(C)Sc2ccccc2N1. The highest BCUT2D eigenvalue weighted by Gasteiger charge is 2.21. The normalized spacial score (nSPS) is 18.9. The fourth-order valence-corrected chi connectivity index (χ4v) is 2.92. The van der Waals surface area contributed by atoms with Crippen molar-refractivity contribution in [1.82, 2.24) is 0 Å². The lowest BCUT2D eigenvalue weighted by Gasteiger charge is -2.18. The van der Waals surface area contributed by atoms with Crippen LogP contribution in [-0.2, 0) is 0 Å². The summed E-state index contributed by atoms with van der Waals surface area (Å²) in [4.78, 5) is 1.32. The van der Waals surface area contributed by atoms with Gasteiger partial charge in [-0.05, 0) is 39.0 Å². The zero-order chi connectivity index (χ0) is 10.2. The second kappa shape index (κ2) is 3.35. The lowest BCUT2D eigenvalue weighted by molar-refractivity contribution is 0.891. The van der Waals surface area contributed by atoms with E-state index in [1.54, 1.807) is 0 Å². The number of allylic oxidation sites excluding steroid dienone is 1. The molecule has 0 unspecified atom stereocenters. The van der Waals surface area contributed by atoms with Gasteiger partial charge in [-0.25, -0.2) is 0 Å². The summed E-state index contributed by atoms with van der Waals surface area (Å²) in [6.07, 6.45) is 2.28. The molecule has 0 saturated carbocycles. The third-order valence-electron chi connectivity index (χ3n) is 2.16. The smallest absolute Gasteiger partial charge is 0.0520 e. The van der Waals surface area contributed by atoms with Crippen molar-refractivity contribution in [2.24, 2.45) is 0 Å². The number of nitrogens with one attached hydrogen (secondary N) is 1. The molecule has 2 rings (SSSR count). The predicted molar refractivity (Wildman–Crippen MR) is 63.8 cm³/mol. The fraction of sp³-hybridized carbons (Fsp3) is 0.333. The van der Waals surface area contributed by atoms with Gasteiger partial charge in [-0.2, -0.15) is 0 Å². The molecule has 0 radical (unpaired) electrons. The topological polar surface area (TPSA) is 12.0 Å². The minimum Gasteiger partial charge on any atom is -0.359 e. The van der Waals surface area contributed by atoms with E-state index < -0.39 is 0 Å². The summed E-state index contributed by atoms with van der Waals surface area (Å²) in [5.41, 5.74) is 2.45. The summed E-state index contributed by atoms with van der Waals surface area (Å²) < 4.78 is 0.170. The molecular weight excluding hydrogens is 190 g/mol. The quantitative estimate of drug-likeness (QED) is 0.689. The van der Waals surface area contributed by atoms with Crippen LogP contribution in [0.25, 0.3) is 0 Å². The van der Waals surface area contributed by atoms with Crippen LogP contribution in [0.2, 0.25) is 0 Å². The maximum absolute atomic E-state index is 3.42. The molecule has 0 bridgehead atoms. The van der Waals surface area contributed by atoms with Gasteiger partial charge in [-0.15, -0.1) is 11.8 Å². The molecule has 1 aliphatic heterocycles. The standard InChI is InChI=1S/C12H15NS/c1-9-8-12(2,3)14-11-7-5-4-6-10(11)13-9/h4-8,13H,1-3H3. The van der Waals surface area contributed by atoms with Gasteiger partial charge in [-0.3, -0.25) is 0 Å². The molecule has 0 amide bonds. The molecule has 0 fully saturated rings. The van der Waals surface area contributed by atoms with Crippen molar-refractivity contribution >= 4 is 17.4 Å². The van der Waals surface area contributed by atoms with Crippen molar-refractivity contribution in [2.45, 2.75) is 30.4 Å². The Morgan fingerprint density at radius 1 is 1.21 bits per heavy atom. The Hall–Kier alpha value is -0.890. The number of thioether (sulfide) groups is 1. The molecule has 74 valence electrons. The van der Waals surface area contributed by atoms with Crippen LogP contribution in [0.1, 0.15) is 20.8 Å². The molecular formula is C12H15NS. The Morgan fingerprint density at radius 2 is 1.93 bits per heavy atom. The molecule has 1 aromatic carbocycles. The van der Waals surface area contributed by atoms with Crippen LogP contribution >= 0.6 is 11.8 Å². The Bertz CT molecular complexity index is 380. The highest BCUT2D eigenvalue weighted by Crippen LogP contribution is 2.40. The Balaban J connectivity index is 2.46. The first-order valence-corrected chi connectivity index (χ1v) is 5.63. The number of hydrogen-bond donors (Lipinski definition) is 1. The number of anilines is 1. The number of hydrogen-bond acceptors (Lipinski definition) is 2. The fourth-order valence-electron chi connectivity index (χ4n) is 1.74. The Kier molecular flexibility index (Phi) is 2.31. The first kappa shape index (κ1) is 9.66. The summed E-state index contributed by atoms with van der Waals surface area (Å²) in [7, 11) is 0. The van der Waals surface area contributed by atoms with Gasteiger partial charge in [0.2, 0.25) is 0 Å². The van der Waals surface area contributed by atoms with Gasteiger partial charge in [0.05, 0.1) is 5.69 Å². The van der Waals surface area contributed by atoms with E-state index in [0.29, 0.717) is 0 Å². The first-order valence-electron chi connectivity index (χ1n) is 4.81. The number of rotatable bonds is 0. The monoisotopic (exact) mass is 205 g/mol. The van der Waals surface area contributed by atoms with Crippen molar-refractivity contribution < 1.29 is 0 Å². The van der Waals surface area contributed by atoms with E-state index in [1.165, 1.54) is 16.3 Å². The highest BCUT2D eigenvalue weighted by atomic mass is 32.2. The zero-order valence-corrected chi connectivity index (χ0v) is 9.61. The second-order valence-corrected chi connectivity index (χ2v) is 5.85. The van der Waals surface area contributed by atoms with Crippen LogP contribution in [0.3, 0.4) is 0 Å². The van der Waals surface area contributed by atoms with Crippen LogP contribution in [-0.4, -0.2) is 4.75 Å². The number of fused-ring (bicyclic) bond motifs is 1. The number of para-hydroxylation sites is 1. The molecule has 1 N–H and O–H groups in total. The lowest BCUT2D eigenvalue weighted by atomic mass is 10.2. The van der Waals surface area contributed by atoms with Gasteiger partial charge in [0.25, 0.3) is 0 Å². The number of benzene rings is 1. The molecule has 1 heterocycles. The van der Waals surface area contributed by atoms with E-state index in [4.69, 9.17) is 0 Å². The maximum Gasteiger partial charge on any atom is 0.0520 e. The van der Waals surface area contributed by atoms with Crippen LogP contribution in [0.15, 0.2) is 40.9 Å². The first-order chi connectivity index (χ1) is 6.57. The molecule has 0 saturated heterocycles. The summed E-state index contributed by atoms with van der Waals surface area (Å²) in [6, 6.07) is 8.45. The van der Waals surface area contributed by atoms with Crippen LogP contribution in [0.4, 0.5) is 5.69 Å². The van der Waals surface area contributed by atoms with E-state index in [9.17, 15) is 0 Å². The van der Waals surface area contributed by atoms with Gasteiger partial charge in [-0.1, -0.05) is 12.1 Å². The molecule has 0 aromatic heterocycles. The molecule has 0 aliphatic carbocycles. The van der Waals surface area contributed by atoms with Crippen molar-refractivity contribution in [3.8, 4) is 0 Å². The average molecular weight is 205 g/mol. The molecule has 14 heavy (non-hydrogen) atoms. The second-order valence-electron chi connectivity index (χ2n) is 4.15. The Morgan fingerprint density at radius 3 is 2.71 bits per heavy atom. The van der Waals surface area contributed by atoms with Gasteiger partial charge < -0.3 is 5.32 Å². The van der Waals surface area contributed by atoms with Crippen LogP contribution in [0.5, 0.6) is 0 Å². The molecule has 2 heteroatoms. The average Bonchev–Trinajstić information content (AvgIpc) is 2.16. The summed E-state index contributed by atoms with van der Waals surface area (Å²) in [5.74, 6) is 0. The zero-order valence-electron chi connectivity index (χ0n) is 8.79. The minimum absolute atomic E-state index is 0.170. The van der Waals surface area contributed by atoms with E-state index in [1.807, 2.05) is 11.8 Å². The summed E-state index contributed by atoms with van der Waals surface area (Å²) >= 11 is 1.90. The van der Waals surface area contributed by atoms with E-state index in [2.05, 4.69) is 56.4 Å². The summed E-state index contributed by atoms with van der Waals surface area (Å²) in [6.45, 7) is 6.60. The molecule has 0 spiro atoms.